The van der Waals surface area contributed by atoms with Crippen molar-refractivity contribution in [3.05, 3.63) is 30.4 Å². The molecule has 3 heterocycles. The van der Waals surface area contributed by atoms with Crippen molar-refractivity contribution in [1.82, 2.24) is 24.9 Å². The Morgan fingerprint density at radius 1 is 1.22 bits per heavy atom. The molecular formula is C18H23N5O4. The van der Waals surface area contributed by atoms with E-state index >= 15 is 0 Å². The molecule has 0 bridgehead atoms. The van der Waals surface area contributed by atoms with Gasteiger partial charge in [0.2, 0.25) is 23.5 Å². The molecule has 0 spiro atoms. The molecule has 1 aliphatic heterocycles. The molecule has 1 saturated heterocycles. The Balaban J connectivity index is 1.48. The molecule has 9 nitrogen and oxygen atoms in total. The van der Waals surface area contributed by atoms with Gasteiger partial charge in [-0.25, -0.2) is 0 Å². The summed E-state index contributed by atoms with van der Waals surface area (Å²) in [4.78, 5) is 35.4. The van der Waals surface area contributed by atoms with Crippen LogP contribution in [-0.4, -0.2) is 74.1 Å². The SMILES string of the molecule is CC(=O)N1CCN(C(=O)CCCc2nc(-c3ccncc3)no2)C[C@H](O)C1. The number of nitrogens with zero attached hydrogens (tertiary/aromatic N) is 5. The van der Waals surface area contributed by atoms with E-state index in [2.05, 4.69) is 15.1 Å². The maximum absolute atomic E-state index is 12.4. The molecule has 0 saturated carbocycles. The topological polar surface area (TPSA) is 113 Å². The van der Waals surface area contributed by atoms with Crippen LogP contribution in [0.3, 0.4) is 0 Å². The molecule has 0 aliphatic carbocycles. The van der Waals surface area contributed by atoms with Crippen LogP contribution in [0, 0.1) is 0 Å². The van der Waals surface area contributed by atoms with Gasteiger partial charge in [0.15, 0.2) is 0 Å². The van der Waals surface area contributed by atoms with Crippen molar-refractivity contribution in [2.45, 2.75) is 32.3 Å². The van der Waals surface area contributed by atoms with E-state index in [-0.39, 0.29) is 24.9 Å². The molecule has 27 heavy (non-hydrogen) atoms. The fourth-order valence-electron chi connectivity index (χ4n) is 3.03. The van der Waals surface area contributed by atoms with E-state index in [1.807, 2.05) is 0 Å². The van der Waals surface area contributed by atoms with Gasteiger partial charge in [-0.3, -0.25) is 14.6 Å². The lowest BCUT2D eigenvalue weighted by Crippen LogP contribution is -2.37. The molecule has 0 radical (unpaired) electrons. The van der Waals surface area contributed by atoms with Gasteiger partial charge in [-0.05, 0) is 18.6 Å². The summed E-state index contributed by atoms with van der Waals surface area (Å²) in [5, 5.41) is 14.0. The summed E-state index contributed by atoms with van der Waals surface area (Å²) in [6.07, 6.45) is 3.98. The van der Waals surface area contributed by atoms with Crippen molar-refractivity contribution < 1.29 is 19.2 Å². The molecule has 9 heteroatoms. The van der Waals surface area contributed by atoms with Gasteiger partial charge in [0.05, 0.1) is 6.10 Å². The lowest BCUT2D eigenvalue weighted by Gasteiger charge is -2.21. The second-order valence-electron chi connectivity index (χ2n) is 6.56. The lowest BCUT2D eigenvalue weighted by atomic mass is 10.2. The number of aryl methyl sites for hydroxylation is 1. The Morgan fingerprint density at radius 3 is 2.67 bits per heavy atom. The average Bonchev–Trinajstić information content (AvgIpc) is 3.03. The summed E-state index contributed by atoms with van der Waals surface area (Å²) in [6, 6.07) is 3.60. The molecule has 1 fully saturated rings. The monoisotopic (exact) mass is 373 g/mol. The van der Waals surface area contributed by atoms with Gasteiger partial charge < -0.3 is 19.4 Å². The van der Waals surface area contributed by atoms with Gasteiger partial charge in [0.1, 0.15) is 0 Å². The number of carbonyl (C=O) groups is 2. The van der Waals surface area contributed by atoms with E-state index in [1.54, 1.807) is 34.3 Å². The molecule has 2 aromatic rings. The number of aliphatic hydroxyl groups excluding tert-OH is 1. The molecule has 1 N–H and O–H groups in total. The number of amides is 2. The van der Waals surface area contributed by atoms with Crippen LogP contribution in [-0.2, 0) is 16.0 Å². The van der Waals surface area contributed by atoms with Crippen molar-refractivity contribution in [1.29, 1.82) is 0 Å². The van der Waals surface area contributed by atoms with E-state index in [1.165, 1.54) is 6.92 Å². The number of pyridine rings is 1. The fraction of sp³-hybridized carbons (Fsp3) is 0.500. The molecule has 0 unspecified atom stereocenters. The van der Waals surface area contributed by atoms with E-state index in [4.69, 9.17) is 4.52 Å². The Hall–Kier alpha value is -2.81. The van der Waals surface area contributed by atoms with Crippen LogP contribution in [0.15, 0.2) is 29.0 Å². The Morgan fingerprint density at radius 2 is 1.93 bits per heavy atom. The zero-order valence-electron chi connectivity index (χ0n) is 15.2. The highest BCUT2D eigenvalue weighted by atomic mass is 16.5. The minimum Gasteiger partial charge on any atom is -0.389 e. The third kappa shape index (κ3) is 5.10. The van der Waals surface area contributed by atoms with Crippen LogP contribution in [0.2, 0.25) is 0 Å². The molecule has 144 valence electrons. The summed E-state index contributed by atoms with van der Waals surface area (Å²) in [5.74, 6) is 0.838. The van der Waals surface area contributed by atoms with Gasteiger partial charge in [0.25, 0.3) is 0 Å². The summed E-state index contributed by atoms with van der Waals surface area (Å²) < 4.78 is 5.23. The summed E-state index contributed by atoms with van der Waals surface area (Å²) >= 11 is 0. The first-order chi connectivity index (χ1) is 13.0. The first kappa shape index (κ1) is 19.0. The maximum Gasteiger partial charge on any atom is 0.226 e. The van der Waals surface area contributed by atoms with E-state index in [0.717, 1.165) is 5.56 Å². The van der Waals surface area contributed by atoms with Gasteiger partial charge in [-0.1, -0.05) is 5.16 Å². The maximum atomic E-state index is 12.4. The zero-order chi connectivity index (χ0) is 19.2. The molecule has 0 aromatic carbocycles. The van der Waals surface area contributed by atoms with Crippen LogP contribution >= 0.6 is 0 Å². The first-order valence-corrected chi connectivity index (χ1v) is 8.97. The lowest BCUT2D eigenvalue weighted by molar-refractivity contribution is -0.132. The summed E-state index contributed by atoms with van der Waals surface area (Å²) in [6.45, 7) is 2.85. The molecule has 1 aliphatic rings. The highest BCUT2D eigenvalue weighted by Gasteiger charge is 2.25. The number of aliphatic hydroxyl groups is 1. The van der Waals surface area contributed by atoms with E-state index < -0.39 is 6.10 Å². The van der Waals surface area contributed by atoms with Gasteiger partial charge in [0, 0.05) is 63.9 Å². The number of hydrogen-bond donors (Lipinski definition) is 1. The largest absolute Gasteiger partial charge is 0.389 e. The minimum atomic E-state index is -0.723. The second kappa shape index (κ2) is 8.72. The van der Waals surface area contributed by atoms with Gasteiger partial charge >= 0.3 is 0 Å². The van der Waals surface area contributed by atoms with Crippen LogP contribution in [0.4, 0.5) is 0 Å². The molecule has 2 aromatic heterocycles. The molecule has 1 atom stereocenters. The number of rotatable bonds is 5. The average molecular weight is 373 g/mol. The van der Waals surface area contributed by atoms with Crippen molar-refractivity contribution >= 4 is 11.8 Å². The van der Waals surface area contributed by atoms with Crippen molar-refractivity contribution in [3.63, 3.8) is 0 Å². The third-order valence-electron chi connectivity index (χ3n) is 4.49. The number of β-amino-alcohol motifs (C(OH)–C–C–N with tert-alkyl or cyclic N) is 1. The van der Waals surface area contributed by atoms with Crippen LogP contribution in [0.25, 0.3) is 11.4 Å². The predicted molar refractivity (Wildman–Crippen MR) is 95.3 cm³/mol. The normalized spacial score (nSPS) is 17.6. The van der Waals surface area contributed by atoms with Crippen LogP contribution in [0.1, 0.15) is 25.7 Å². The number of carbonyl (C=O) groups excluding carboxylic acids is 2. The first-order valence-electron chi connectivity index (χ1n) is 8.97. The highest BCUT2D eigenvalue weighted by Crippen LogP contribution is 2.15. The van der Waals surface area contributed by atoms with Crippen LogP contribution < -0.4 is 0 Å². The quantitative estimate of drug-likeness (QED) is 0.812. The van der Waals surface area contributed by atoms with Gasteiger partial charge in [-0.2, -0.15) is 4.98 Å². The fourth-order valence-corrected chi connectivity index (χ4v) is 3.03. The second-order valence-corrected chi connectivity index (χ2v) is 6.56. The molecular weight excluding hydrogens is 350 g/mol. The predicted octanol–water partition coefficient (Wildman–Crippen LogP) is 0.506. The molecule has 3 rings (SSSR count). The van der Waals surface area contributed by atoms with Crippen molar-refractivity contribution in [2.24, 2.45) is 0 Å². The zero-order valence-corrected chi connectivity index (χ0v) is 15.2. The number of aromatic nitrogens is 3. The highest BCUT2D eigenvalue weighted by molar-refractivity contribution is 5.77. The third-order valence-corrected chi connectivity index (χ3v) is 4.49. The smallest absolute Gasteiger partial charge is 0.226 e. The Labute approximate surface area is 157 Å². The summed E-state index contributed by atoms with van der Waals surface area (Å²) in [5.41, 5.74) is 0.824. The standard InChI is InChI=1S/C18H23N5O4/c1-13(24)22-9-10-23(12-15(25)11-22)17(26)4-2-3-16-20-18(21-27-16)14-5-7-19-8-6-14/h5-8,15,25H,2-4,9-12H2,1H3/t15-/m1/s1. The minimum absolute atomic E-state index is 0.0478. The van der Waals surface area contributed by atoms with E-state index in [0.29, 0.717) is 44.1 Å². The van der Waals surface area contributed by atoms with Crippen LogP contribution in [0.5, 0.6) is 0 Å². The van der Waals surface area contributed by atoms with Crippen molar-refractivity contribution in [2.75, 3.05) is 26.2 Å². The van der Waals surface area contributed by atoms with Crippen molar-refractivity contribution in [3.8, 4) is 11.4 Å². The van der Waals surface area contributed by atoms with E-state index in [9.17, 15) is 14.7 Å². The Bertz CT molecular complexity index is 779. The van der Waals surface area contributed by atoms with Gasteiger partial charge in [-0.15, -0.1) is 0 Å². The molecule has 2 amide bonds. The number of hydrogen-bond acceptors (Lipinski definition) is 7. The summed E-state index contributed by atoms with van der Waals surface area (Å²) in [7, 11) is 0. The Kier molecular flexibility index (Phi) is 6.12.